The number of nitrogens with zero attached hydrogens (tertiary/aromatic N) is 1. The number of aryl methyl sites for hydroxylation is 1. The van der Waals surface area contributed by atoms with E-state index in [2.05, 4.69) is 31.8 Å². The number of hydrogen-bond donors (Lipinski definition) is 2. The van der Waals surface area contributed by atoms with Crippen molar-refractivity contribution in [2.24, 2.45) is 0 Å². The van der Waals surface area contributed by atoms with Crippen LogP contribution in [0, 0.1) is 12.7 Å². The van der Waals surface area contributed by atoms with Crippen LogP contribution in [-0.4, -0.2) is 22.9 Å². The van der Waals surface area contributed by atoms with Crippen molar-refractivity contribution in [1.82, 2.24) is 15.8 Å². The van der Waals surface area contributed by atoms with Crippen molar-refractivity contribution >= 4 is 27.7 Å². The number of hydrazine groups is 1. The highest BCUT2D eigenvalue weighted by Crippen LogP contribution is 2.22. The molecule has 6 nitrogen and oxygen atoms in total. The lowest BCUT2D eigenvalue weighted by atomic mass is 10.1. The Balaban J connectivity index is 1.61. The summed E-state index contributed by atoms with van der Waals surface area (Å²) in [5.41, 5.74) is 7.07. The Morgan fingerprint density at radius 2 is 1.83 bits per heavy atom. The Bertz CT molecular complexity index is 1090. The largest absolute Gasteiger partial charge is 0.478 e. The van der Waals surface area contributed by atoms with Crippen LogP contribution in [0.15, 0.2) is 65.1 Å². The van der Waals surface area contributed by atoms with Crippen LogP contribution in [0.2, 0.25) is 0 Å². The highest BCUT2D eigenvalue weighted by Gasteiger charge is 2.18. The number of nitrogens with one attached hydrogen (secondary N) is 2. The monoisotopic (exact) mass is 471 g/mol. The molecule has 0 saturated heterocycles. The number of ether oxygens (including phenoxy) is 1. The number of carbonyl (C=O) groups is 2. The minimum atomic E-state index is -1.01. The first-order chi connectivity index (χ1) is 14.3. The van der Waals surface area contributed by atoms with Crippen LogP contribution in [0.1, 0.15) is 23.0 Å². The van der Waals surface area contributed by atoms with Crippen LogP contribution in [-0.2, 0) is 4.79 Å². The van der Waals surface area contributed by atoms with Gasteiger partial charge in [0.05, 0.1) is 17.0 Å². The van der Waals surface area contributed by atoms with Gasteiger partial charge in [0.15, 0.2) is 17.7 Å². The minimum absolute atomic E-state index is 0.0466. The van der Waals surface area contributed by atoms with Crippen LogP contribution in [0.5, 0.6) is 5.75 Å². The number of para-hydroxylation sites is 1. The Hall–Kier alpha value is -3.26. The summed E-state index contributed by atoms with van der Waals surface area (Å²) in [6.45, 7) is 3.16. The number of pyridine rings is 1. The molecular weight excluding hydrogens is 453 g/mol. The highest BCUT2D eigenvalue weighted by molar-refractivity contribution is 9.10. The maximum Gasteiger partial charge on any atom is 0.279 e. The Morgan fingerprint density at radius 3 is 2.53 bits per heavy atom. The smallest absolute Gasteiger partial charge is 0.279 e. The SMILES string of the molecule is Cc1nc(-c2cccc(Br)c2)ccc1C(=O)NNC(=O)C(C)Oc1ccccc1F. The molecule has 0 aliphatic heterocycles. The summed E-state index contributed by atoms with van der Waals surface area (Å²) >= 11 is 3.42. The van der Waals surface area contributed by atoms with Gasteiger partial charge in [-0.3, -0.25) is 25.4 Å². The molecule has 1 heterocycles. The molecule has 0 radical (unpaired) electrons. The zero-order valence-corrected chi connectivity index (χ0v) is 17.9. The van der Waals surface area contributed by atoms with Gasteiger partial charge in [-0.05, 0) is 50.2 Å². The molecule has 154 valence electrons. The van der Waals surface area contributed by atoms with Crippen LogP contribution >= 0.6 is 15.9 Å². The second kappa shape index (κ2) is 9.49. The van der Waals surface area contributed by atoms with E-state index in [0.29, 0.717) is 11.3 Å². The summed E-state index contributed by atoms with van der Waals surface area (Å²) in [5.74, 6) is -1.77. The summed E-state index contributed by atoms with van der Waals surface area (Å²) in [6.07, 6.45) is -1.01. The average molecular weight is 472 g/mol. The fraction of sp³-hybridized carbons (Fsp3) is 0.136. The van der Waals surface area contributed by atoms with Crippen molar-refractivity contribution in [3.8, 4) is 17.0 Å². The van der Waals surface area contributed by atoms with E-state index in [1.54, 1.807) is 25.1 Å². The molecule has 3 rings (SSSR count). The first-order valence-corrected chi connectivity index (χ1v) is 9.89. The van der Waals surface area contributed by atoms with Gasteiger partial charge in [-0.25, -0.2) is 4.39 Å². The van der Waals surface area contributed by atoms with Crippen molar-refractivity contribution in [3.63, 3.8) is 0 Å². The van der Waals surface area contributed by atoms with Crippen molar-refractivity contribution in [2.45, 2.75) is 20.0 Å². The normalized spacial score (nSPS) is 11.5. The number of benzene rings is 2. The third-order valence-corrected chi connectivity index (χ3v) is 4.75. The molecule has 0 aliphatic rings. The lowest BCUT2D eigenvalue weighted by Gasteiger charge is -2.16. The number of amides is 2. The minimum Gasteiger partial charge on any atom is -0.478 e. The van der Waals surface area contributed by atoms with Crippen LogP contribution in [0.4, 0.5) is 4.39 Å². The molecule has 0 aliphatic carbocycles. The van der Waals surface area contributed by atoms with Gasteiger partial charge in [0.1, 0.15) is 0 Å². The van der Waals surface area contributed by atoms with Gasteiger partial charge in [-0.2, -0.15) is 0 Å². The van der Waals surface area contributed by atoms with Gasteiger partial charge >= 0.3 is 0 Å². The fourth-order valence-electron chi connectivity index (χ4n) is 2.68. The van der Waals surface area contributed by atoms with Crippen LogP contribution in [0.3, 0.4) is 0 Å². The second-order valence-corrected chi connectivity index (χ2v) is 7.39. The van der Waals surface area contributed by atoms with E-state index in [1.807, 2.05) is 24.3 Å². The van der Waals surface area contributed by atoms with Gasteiger partial charge in [-0.15, -0.1) is 0 Å². The van der Waals surface area contributed by atoms with Crippen molar-refractivity contribution in [1.29, 1.82) is 0 Å². The molecule has 1 atom stereocenters. The molecular formula is C22H19BrFN3O3. The van der Waals surface area contributed by atoms with E-state index >= 15 is 0 Å². The Morgan fingerprint density at radius 1 is 1.07 bits per heavy atom. The molecule has 8 heteroatoms. The maximum absolute atomic E-state index is 13.6. The van der Waals surface area contributed by atoms with E-state index in [0.717, 1.165) is 15.7 Å². The molecule has 0 spiro atoms. The predicted octanol–water partition coefficient (Wildman–Crippen LogP) is 4.19. The van der Waals surface area contributed by atoms with Crippen molar-refractivity contribution in [3.05, 3.63) is 82.2 Å². The van der Waals surface area contributed by atoms with E-state index in [4.69, 9.17) is 4.74 Å². The predicted molar refractivity (Wildman–Crippen MR) is 114 cm³/mol. The van der Waals surface area contributed by atoms with Gasteiger partial charge in [0.25, 0.3) is 11.8 Å². The molecule has 0 saturated carbocycles. The molecule has 30 heavy (non-hydrogen) atoms. The highest BCUT2D eigenvalue weighted by atomic mass is 79.9. The van der Waals surface area contributed by atoms with Gasteiger partial charge in [-0.1, -0.05) is 40.2 Å². The number of halogens is 2. The standard InChI is InChI=1S/C22H19BrFN3O3/c1-13-17(10-11-19(25-13)15-6-5-7-16(23)12-15)22(29)27-26-21(28)14(2)30-20-9-4-3-8-18(20)24/h3-12,14H,1-2H3,(H,26,28)(H,27,29). The third-order valence-electron chi connectivity index (χ3n) is 4.26. The third kappa shape index (κ3) is 5.21. The number of hydrogen-bond acceptors (Lipinski definition) is 4. The quantitative estimate of drug-likeness (QED) is 0.546. The summed E-state index contributed by atoms with van der Waals surface area (Å²) in [6, 6.07) is 16.8. The van der Waals surface area contributed by atoms with Crippen molar-refractivity contribution in [2.75, 3.05) is 0 Å². The fourth-order valence-corrected chi connectivity index (χ4v) is 3.08. The Kier molecular flexibility index (Phi) is 6.79. The average Bonchev–Trinajstić information content (AvgIpc) is 2.73. The Labute approximate surface area is 181 Å². The van der Waals surface area contributed by atoms with E-state index in [-0.39, 0.29) is 5.75 Å². The van der Waals surface area contributed by atoms with Gasteiger partial charge in [0, 0.05) is 10.0 Å². The zero-order valence-electron chi connectivity index (χ0n) is 16.3. The van der Waals surface area contributed by atoms with Crippen molar-refractivity contribution < 1.29 is 18.7 Å². The number of rotatable bonds is 5. The number of carbonyl (C=O) groups excluding carboxylic acids is 2. The summed E-state index contributed by atoms with van der Waals surface area (Å²) in [5, 5.41) is 0. The first kappa shape index (κ1) is 21.4. The lowest BCUT2D eigenvalue weighted by molar-refractivity contribution is -0.128. The zero-order chi connectivity index (χ0) is 21.7. The molecule has 1 aromatic heterocycles. The first-order valence-electron chi connectivity index (χ1n) is 9.10. The molecule has 3 aromatic rings. The summed E-state index contributed by atoms with van der Waals surface area (Å²) in [4.78, 5) is 29.1. The van der Waals surface area contributed by atoms with E-state index in [9.17, 15) is 14.0 Å². The van der Waals surface area contributed by atoms with Gasteiger partial charge in [0.2, 0.25) is 0 Å². The maximum atomic E-state index is 13.6. The van der Waals surface area contributed by atoms with E-state index in [1.165, 1.54) is 25.1 Å². The topological polar surface area (TPSA) is 80.3 Å². The molecule has 2 amide bonds. The molecule has 2 aromatic carbocycles. The molecule has 1 unspecified atom stereocenters. The number of aromatic nitrogens is 1. The van der Waals surface area contributed by atoms with Crippen LogP contribution < -0.4 is 15.6 Å². The molecule has 0 bridgehead atoms. The lowest BCUT2D eigenvalue weighted by Crippen LogP contribution is -2.47. The van der Waals surface area contributed by atoms with E-state index < -0.39 is 23.7 Å². The van der Waals surface area contributed by atoms with Crippen LogP contribution in [0.25, 0.3) is 11.3 Å². The molecule has 2 N–H and O–H groups in total. The second-order valence-electron chi connectivity index (χ2n) is 6.47. The summed E-state index contributed by atoms with van der Waals surface area (Å²) < 4.78 is 19.8. The van der Waals surface area contributed by atoms with Gasteiger partial charge < -0.3 is 4.74 Å². The molecule has 0 fully saturated rings. The summed E-state index contributed by atoms with van der Waals surface area (Å²) in [7, 11) is 0.